The Morgan fingerprint density at radius 1 is 1.04 bits per heavy atom. The van der Waals surface area contributed by atoms with Gasteiger partial charge in [-0.05, 0) is 118 Å². The van der Waals surface area contributed by atoms with E-state index < -0.39 is 8.41 Å². The SMILES string of the molecule is CCOc1ccc2c(c1)CC(NCCCCO)C(=O)N2c1ccc(CC[C@H]2O[C@@H](CCn3cc(C(CO)c4ccccc4)nn3)[C@H]([Si](C)(C)F)[C@H]2C)cc1. The van der Waals surface area contributed by atoms with Crippen LogP contribution in [0.2, 0.25) is 18.6 Å². The summed E-state index contributed by atoms with van der Waals surface area (Å²) in [4.78, 5) is 15.7. The van der Waals surface area contributed by atoms with Crippen LogP contribution in [0.1, 0.15) is 67.8 Å². The topological polar surface area (TPSA) is 122 Å². The molecule has 10 nitrogen and oxygen atoms in total. The average molecular weight is 758 g/mol. The van der Waals surface area contributed by atoms with E-state index in [0.29, 0.717) is 44.7 Å². The second-order valence-corrected chi connectivity index (χ2v) is 19.0. The van der Waals surface area contributed by atoms with Gasteiger partial charge in [0.25, 0.3) is 0 Å². The van der Waals surface area contributed by atoms with Gasteiger partial charge in [0, 0.05) is 30.6 Å². The number of fused-ring (bicyclic) bond motifs is 1. The molecule has 1 saturated heterocycles. The first-order valence-electron chi connectivity index (χ1n) is 19.5. The van der Waals surface area contributed by atoms with Crippen LogP contribution in [-0.4, -0.2) is 84.1 Å². The molecule has 1 fully saturated rings. The molecule has 2 unspecified atom stereocenters. The highest BCUT2D eigenvalue weighted by Crippen LogP contribution is 2.47. The number of rotatable bonds is 18. The Hall–Kier alpha value is -3.94. The molecule has 3 N–H and O–H groups in total. The number of anilines is 2. The minimum Gasteiger partial charge on any atom is -0.494 e. The van der Waals surface area contributed by atoms with Crippen molar-refractivity contribution in [2.24, 2.45) is 5.92 Å². The minimum absolute atomic E-state index is 0.00167. The highest BCUT2D eigenvalue weighted by atomic mass is 28.4. The highest BCUT2D eigenvalue weighted by molar-refractivity contribution is 6.72. The normalized spacial score (nSPS) is 22.0. The molecule has 0 spiro atoms. The Morgan fingerprint density at radius 3 is 2.52 bits per heavy atom. The van der Waals surface area contributed by atoms with E-state index >= 15 is 4.11 Å². The van der Waals surface area contributed by atoms with Crippen molar-refractivity contribution in [2.45, 2.75) is 102 Å². The largest absolute Gasteiger partial charge is 0.494 e. The first kappa shape index (κ1) is 39.7. The summed E-state index contributed by atoms with van der Waals surface area (Å²) in [7, 11) is -3.06. The first-order valence-corrected chi connectivity index (χ1v) is 22.5. The Morgan fingerprint density at radius 2 is 1.81 bits per heavy atom. The van der Waals surface area contributed by atoms with Crippen LogP contribution in [0, 0.1) is 5.92 Å². The van der Waals surface area contributed by atoms with E-state index in [1.54, 1.807) is 22.7 Å². The number of aromatic nitrogens is 3. The van der Waals surface area contributed by atoms with Crippen LogP contribution in [0.5, 0.6) is 5.75 Å². The lowest BCUT2D eigenvalue weighted by molar-refractivity contribution is -0.120. The van der Waals surface area contributed by atoms with Crippen LogP contribution < -0.4 is 15.0 Å². The molecule has 6 rings (SSSR count). The fraction of sp³-hybridized carbons (Fsp3) is 0.500. The zero-order valence-electron chi connectivity index (χ0n) is 32.0. The summed E-state index contributed by atoms with van der Waals surface area (Å²) in [5.41, 5.74) is 5.40. The fourth-order valence-corrected chi connectivity index (χ4v) is 11.0. The number of ether oxygens (including phenoxy) is 2. The van der Waals surface area contributed by atoms with E-state index in [-0.39, 0.29) is 54.7 Å². The van der Waals surface area contributed by atoms with Crippen molar-refractivity contribution in [1.29, 1.82) is 0 Å². The van der Waals surface area contributed by atoms with Gasteiger partial charge in [-0.15, -0.1) is 5.10 Å². The maximum atomic E-state index is 15.9. The summed E-state index contributed by atoms with van der Waals surface area (Å²) in [5, 5.41) is 31.4. The van der Waals surface area contributed by atoms with Crippen LogP contribution >= 0.6 is 0 Å². The van der Waals surface area contributed by atoms with Gasteiger partial charge in [-0.1, -0.05) is 54.6 Å². The summed E-state index contributed by atoms with van der Waals surface area (Å²) in [6, 6.07) is 23.5. The number of benzene rings is 3. The Labute approximate surface area is 319 Å². The monoisotopic (exact) mass is 757 g/mol. The van der Waals surface area contributed by atoms with Crippen LogP contribution in [0.4, 0.5) is 15.5 Å². The Balaban J connectivity index is 1.10. The third-order valence-electron chi connectivity index (χ3n) is 11.1. The molecule has 1 amide bonds. The lowest BCUT2D eigenvalue weighted by atomic mass is 9.94. The lowest BCUT2D eigenvalue weighted by Gasteiger charge is -2.35. The van der Waals surface area contributed by atoms with Gasteiger partial charge in [-0.25, -0.2) is 0 Å². The standard InChI is InChI=1S/C42H56FN5O5Si/c1-5-52-34-18-19-38-32(25-34)26-36(44-22-9-10-24-49)42(51)48(38)33-16-13-30(14-17-33)15-20-39-29(2)41(54(3,4)43)40(53-39)21-23-47-27-37(45-46-47)35(28-50)31-11-7-6-8-12-31/h6-8,11-14,16-19,25,27,29,35-36,39-41,44,49-50H,5,9-10,15,20-24,26,28H2,1-4H3/t29-,35?,36?,39+,40-,41+/m0/s1. The average Bonchev–Trinajstić information content (AvgIpc) is 3.76. The number of carbonyl (C=O) groups is 1. The van der Waals surface area contributed by atoms with Crippen molar-refractivity contribution in [3.8, 4) is 5.75 Å². The molecular formula is C42H56FN5O5Si. The molecule has 290 valence electrons. The van der Waals surface area contributed by atoms with E-state index in [4.69, 9.17) is 9.47 Å². The number of nitrogens with zero attached hydrogens (tertiary/aromatic N) is 4. The molecule has 3 heterocycles. The number of hydrogen-bond donors (Lipinski definition) is 3. The first-order chi connectivity index (χ1) is 26.1. The summed E-state index contributed by atoms with van der Waals surface area (Å²) >= 11 is 0. The van der Waals surface area contributed by atoms with Gasteiger partial charge in [0.15, 0.2) is 0 Å². The van der Waals surface area contributed by atoms with Crippen LogP contribution in [-0.2, 0) is 28.9 Å². The van der Waals surface area contributed by atoms with Crippen LogP contribution in [0.15, 0.2) is 79.0 Å². The quantitative estimate of drug-likeness (QED) is 0.0581. The number of amides is 1. The highest BCUT2D eigenvalue weighted by Gasteiger charge is 2.50. The predicted octanol–water partition coefficient (Wildman–Crippen LogP) is 6.72. The van der Waals surface area contributed by atoms with Crippen molar-refractivity contribution in [1.82, 2.24) is 20.3 Å². The predicted molar refractivity (Wildman–Crippen MR) is 212 cm³/mol. The molecule has 6 atom stereocenters. The van der Waals surface area contributed by atoms with E-state index in [9.17, 15) is 15.0 Å². The zero-order valence-corrected chi connectivity index (χ0v) is 33.0. The maximum absolute atomic E-state index is 15.9. The molecule has 4 aromatic rings. The van der Waals surface area contributed by atoms with E-state index in [1.165, 1.54) is 0 Å². The van der Waals surface area contributed by atoms with Gasteiger partial charge in [-0.3, -0.25) is 14.4 Å². The van der Waals surface area contributed by atoms with Gasteiger partial charge in [0.1, 0.15) is 5.75 Å². The van der Waals surface area contributed by atoms with Crippen LogP contribution in [0.3, 0.4) is 0 Å². The minimum atomic E-state index is -3.06. The molecule has 54 heavy (non-hydrogen) atoms. The van der Waals surface area contributed by atoms with Crippen molar-refractivity contribution in [3.63, 3.8) is 0 Å². The van der Waals surface area contributed by atoms with Gasteiger partial charge >= 0.3 is 0 Å². The van der Waals surface area contributed by atoms with Crippen molar-refractivity contribution >= 4 is 25.7 Å². The number of halogens is 1. The summed E-state index contributed by atoms with van der Waals surface area (Å²) in [6.45, 7) is 9.51. The van der Waals surface area contributed by atoms with Crippen molar-refractivity contribution in [2.75, 3.05) is 31.3 Å². The van der Waals surface area contributed by atoms with Crippen LogP contribution in [0.25, 0.3) is 0 Å². The van der Waals surface area contributed by atoms with Gasteiger partial charge in [0.05, 0.1) is 48.8 Å². The third-order valence-corrected chi connectivity index (χ3v) is 13.6. The van der Waals surface area contributed by atoms with Gasteiger partial charge in [-0.2, -0.15) is 0 Å². The second kappa shape index (κ2) is 18.1. The maximum Gasteiger partial charge on any atom is 0.249 e. The number of aliphatic hydroxyl groups excluding tert-OH is 2. The summed E-state index contributed by atoms with van der Waals surface area (Å²) in [6.07, 6.45) is 5.82. The fourth-order valence-electron chi connectivity index (χ4n) is 8.39. The molecule has 2 aliphatic rings. The molecule has 0 radical (unpaired) electrons. The molecule has 0 saturated carbocycles. The van der Waals surface area contributed by atoms with E-state index in [1.807, 2.05) is 73.8 Å². The Kier molecular flexibility index (Phi) is 13.3. The van der Waals surface area contributed by atoms with Crippen molar-refractivity contribution < 1.29 is 28.6 Å². The molecule has 12 heteroatoms. The van der Waals surface area contributed by atoms with E-state index in [2.05, 4.69) is 34.7 Å². The zero-order chi connectivity index (χ0) is 38.2. The third kappa shape index (κ3) is 9.28. The number of unbranched alkanes of at least 4 members (excludes halogenated alkanes) is 1. The molecular weight excluding hydrogens is 702 g/mol. The smallest absolute Gasteiger partial charge is 0.249 e. The number of aliphatic hydroxyl groups is 2. The molecule has 2 aliphatic heterocycles. The number of aryl methyl sites for hydroxylation is 2. The second-order valence-electron chi connectivity index (χ2n) is 15.2. The van der Waals surface area contributed by atoms with E-state index in [0.717, 1.165) is 53.1 Å². The molecule has 3 aromatic carbocycles. The molecule has 0 bridgehead atoms. The number of nitrogens with one attached hydrogen (secondary N) is 1. The lowest BCUT2D eigenvalue weighted by Crippen LogP contribution is -2.49. The Bertz CT molecular complexity index is 1800. The van der Waals surface area contributed by atoms with Gasteiger partial charge in [0.2, 0.25) is 14.3 Å². The number of hydrogen-bond acceptors (Lipinski definition) is 8. The summed E-state index contributed by atoms with van der Waals surface area (Å²) < 4.78 is 30.1. The number of carbonyl (C=O) groups excluding carboxylic acids is 1. The molecule has 1 aromatic heterocycles. The van der Waals surface area contributed by atoms with Gasteiger partial charge < -0.3 is 29.1 Å². The molecule has 0 aliphatic carbocycles. The van der Waals surface area contributed by atoms with Crippen molar-refractivity contribution in [3.05, 3.63) is 101 Å². The summed E-state index contributed by atoms with van der Waals surface area (Å²) in [5.74, 6) is 0.611.